The minimum atomic E-state index is 0. The van der Waals surface area contributed by atoms with E-state index < -0.39 is 0 Å². The number of ether oxygens (including phenoxy) is 1. The fourth-order valence-corrected chi connectivity index (χ4v) is 2.32. The number of nitrogens with one attached hydrogen (secondary N) is 1. The summed E-state index contributed by atoms with van der Waals surface area (Å²) in [6, 6.07) is 9.86. The smallest absolute Gasteiger partial charge is 0.134 e. The monoisotopic (exact) mass is 343 g/mol. The van der Waals surface area contributed by atoms with Gasteiger partial charge in [-0.3, -0.25) is 0 Å². The van der Waals surface area contributed by atoms with Crippen molar-refractivity contribution in [3.63, 3.8) is 0 Å². The largest absolute Gasteiger partial charge is 0.460 e. The Bertz CT molecular complexity index is 570. The average Bonchev–Trinajstić information content (AvgIpc) is 2.94. The van der Waals surface area contributed by atoms with Gasteiger partial charge in [0, 0.05) is 23.8 Å². The maximum absolute atomic E-state index is 6.15. The second kappa shape index (κ2) is 9.90. The molecule has 3 nitrogen and oxygen atoms in total. The summed E-state index contributed by atoms with van der Waals surface area (Å²) in [6.07, 6.45) is 1.01. The van der Waals surface area contributed by atoms with Gasteiger partial charge in [0.25, 0.3) is 0 Å². The Morgan fingerprint density at radius 2 is 2.05 bits per heavy atom. The molecule has 22 heavy (non-hydrogen) atoms. The van der Waals surface area contributed by atoms with Crippen LogP contribution in [0.15, 0.2) is 34.7 Å². The van der Waals surface area contributed by atoms with Gasteiger partial charge in [0.2, 0.25) is 0 Å². The van der Waals surface area contributed by atoms with Crippen molar-refractivity contribution in [3.8, 4) is 11.3 Å². The van der Waals surface area contributed by atoms with Gasteiger partial charge >= 0.3 is 0 Å². The Balaban J connectivity index is 0.00000242. The van der Waals surface area contributed by atoms with Crippen LogP contribution in [0.1, 0.15) is 24.7 Å². The van der Waals surface area contributed by atoms with E-state index in [1.807, 2.05) is 44.2 Å². The standard InChI is InChI=1S/C17H22ClNO2.ClH/c1-3-20-11-5-10-19-12-14-8-9-17(21-14)15-6-4-7-16(18)13(15)2;/h4,6-9,19H,3,5,10-12H2,1-2H3;1H. The molecule has 0 atom stereocenters. The Labute approximate surface area is 143 Å². The van der Waals surface area contributed by atoms with Crippen molar-refractivity contribution in [3.05, 3.63) is 46.7 Å². The van der Waals surface area contributed by atoms with Crippen LogP contribution in [0.4, 0.5) is 0 Å². The van der Waals surface area contributed by atoms with E-state index in [2.05, 4.69) is 5.32 Å². The zero-order valence-corrected chi connectivity index (χ0v) is 14.6. The molecule has 0 bridgehead atoms. The Morgan fingerprint density at radius 1 is 1.23 bits per heavy atom. The van der Waals surface area contributed by atoms with Gasteiger partial charge in [-0.25, -0.2) is 0 Å². The fraction of sp³-hybridized carbons (Fsp3) is 0.412. The lowest BCUT2D eigenvalue weighted by Crippen LogP contribution is -2.15. The van der Waals surface area contributed by atoms with Crippen LogP contribution in [0.25, 0.3) is 11.3 Å². The normalized spacial score (nSPS) is 10.5. The first-order valence-corrected chi connectivity index (χ1v) is 7.73. The van der Waals surface area contributed by atoms with Gasteiger partial charge in [-0.05, 0) is 50.6 Å². The molecule has 1 aromatic carbocycles. The number of rotatable bonds is 8. The molecular formula is C17H23Cl2NO2. The van der Waals surface area contributed by atoms with E-state index in [4.69, 9.17) is 20.8 Å². The van der Waals surface area contributed by atoms with Crippen molar-refractivity contribution in [1.82, 2.24) is 5.32 Å². The minimum absolute atomic E-state index is 0. The summed E-state index contributed by atoms with van der Waals surface area (Å²) in [5.74, 6) is 1.79. The predicted octanol–water partition coefficient (Wildman–Crippen LogP) is 4.85. The summed E-state index contributed by atoms with van der Waals surface area (Å²) in [6.45, 7) is 7.24. The highest BCUT2D eigenvalue weighted by Gasteiger charge is 2.09. The van der Waals surface area contributed by atoms with Gasteiger partial charge in [0.1, 0.15) is 11.5 Å². The van der Waals surface area contributed by atoms with E-state index in [1.54, 1.807) is 0 Å². The Hall–Kier alpha value is -1.000. The van der Waals surface area contributed by atoms with Crippen LogP contribution < -0.4 is 5.32 Å². The summed E-state index contributed by atoms with van der Waals surface area (Å²) in [7, 11) is 0. The van der Waals surface area contributed by atoms with Crippen LogP contribution in [-0.4, -0.2) is 19.8 Å². The van der Waals surface area contributed by atoms with E-state index in [0.717, 1.165) is 60.4 Å². The lowest BCUT2D eigenvalue weighted by atomic mass is 10.1. The fourth-order valence-electron chi connectivity index (χ4n) is 2.15. The summed E-state index contributed by atoms with van der Waals surface area (Å²) in [5, 5.41) is 4.11. The highest BCUT2D eigenvalue weighted by molar-refractivity contribution is 6.31. The summed E-state index contributed by atoms with van der Waals surface area (Å²) in [5.41, 5.74) is 2.09. The highest BCUT2D eigenvalue weighted by Crippen LogP contribution is 2.29. The summed E-state index contributed by atoms with van der Waals surface area (Å²) < 4.78 is 11.2. The van der Waals surface area contributed by atoms with E-state index >= 15 is 0 Å². The number of halogens is 2. The molecule has 0 aliphatic carbocycles. The van der Waals surface area contributed by atoms with Crippen LogP contribution in [0.5, 0.6) is 0 Å². The molecule has 122 valence electrons. The van der Waals surface area contributed by atoms with Gasteiger partial charge in [0.15, 0.2) is 0 Å². The third-order valence-corrected chi connectivity index (χ3v) is 3.75. The molecule has 0 saturated heterocycles. The molecule has 0 fully saturated rings. The van der Waals surface area contributed by atoms with Crippen LogP contribution in [0, 0.1) is 6.92 Å². The van der Waals surface area contributed by atoms with Crippen LogP contribution in [-0.2, 0) is 11.3 Å². The summed E-state index contributed by atoms with van der Waals surface area (Å²) in [4.78, 5) is 0. The lowest BCUT2D eigenvalue weighted by molar-refractivity contribution is 0.144. The first kappa shape index (κ1) is 19.0. The third kappa shape index (κ3) is 5.33. The zero-order valence-electron chi connectivity index (χ0n) is 13.0. The van der Waals surface area contributed by atoms with Gasteiger partial charge in [-0.15, -0.1) is 12.4 Å². The molecule has 0 radical (unpaired) electrons. The molecule has 0 spiro atoms. The second-order valence-corrected chi connectivity index (χ2v) is 5.31. The molecule has 0 unspecified atom stereocenters. The molecule has 1 N–H and O–H groups in total. The Kier molecular flexibility index (Phi) is 8.57. The van der Waals surface area contributed by atoms with Gasteiger partial charge in [-0.1, -0.05) is 23.7 Å². The van der Waals surface area contributed by atoms with Crippen LogP contribution in [0.2, 0.25) is 5.02 Å². The van der Waals surface area contributed by atoms with E-state index in [9.17, 15) is 0 Å². The molecular weight excluding hydrogens is 321 g/mol. The number of hydrogen-bond acceptors (Lipinski definition) is 3. The molecule has 0 saturated carbocycles. The van der Waals surface area contributed by atoms with E-state index in [0.29, 0.717) is 0 Å². The van der Waals surface area contributed by atoms with Crippen molar-refractivity contribution < 1.29 is 9.15 Å². The maximum atomic E-state index is 6.15. The van der Waals surface area contributed by atoms with Crippen LogP contribution >= 0.6 is 24.0 Å². The quantitative estimate of drug-likeness (QED) is 0.696. The molecule has 2 aromatic rings. The lowest BCUT2D eigenvalue weighted by Gasteiger charge is -2.05. The van der Waals surface area contributed by atoms with Crippen molar-refractivity contribution in [2.45, 2.75) is 26.8 Å². The van der Waals surface area contributed by atoms with Gasteiger partial charge in [-0.2, -0.15) is 0 Å². The minimum Gasteiger partial charge on any atom is -0.460 e. The first-order chi connectivity index (χ1) is 10.2. The second-order valence-electron chi connectivity index (χ2n) is 4.91. The zero-order chi connectivity index (χ0) is 15.1. The van der Waals surface area contributed by atoms with Gasteiger partial charge < -0.3 is 14.5 Å². The molecule has 1 aromatic heterocycles. The van der Waals surface area contributed by atoms with Crippen molar-refractivity contribution in [2.75, 3.05) is 19.8 Å². The van der Waals surface area contributed by atoms with Crippen molar-refractivity contribution in [1.29, 1.82) is 0 Å². The molecule has 2 rings (SSSR count). The van der Waals surface area contributed by atoms with E-state index in [-0.39, 0.29) is 12.4 Å². The number of hydrogen-bond donors (Lipinski definition) is 1. The highest BCUT2D eigenvalue weighted by atomic mass is 35.5. The first-order valence-electron chi connectivity index (χ1n) is 7.35. The van der Waals surface area contributed by atoms with Gasteiger partial charge in [0.05, 0.1) is 6.54 Å². The SMILES string of the molecule is CCOCCCNCc1ccc(-c2cccc(Cl)c2C)o1.Cl. The molecule has 0 aliphatic heterocycles. The average molecular weight is 344 g/mol. The molecule has 1 heterocycles. The molecule has 0 aliphatic rings. The summed E-state index contributed by atoms with van der Waals surface area (Å²) >= 11 is 6.15. The van der Waals surface area contributed by atoms with Crippen molar-refractivity contribution in [2.24, 2.45) is 0 Å². The Morgan fingerprint density at radius 3 is 2.82 bits per heavy atom. The molecule has 0 amide bonds. The van der Waals surface area contributed by atoms with Crippen molar-refractivity contribution >= 4 is 24.0 Å². The maximum Gasteiger partial charge on any atom is 0.134 e. The third-order valence-electron chi connectivity index (χ3n) is 3.34. The number of benzene rings is 1. The predicted molar refractivity (Wildman–Crippen MR) is 94.0 cm³/mol. The number of furan rings is 1. The topological polar surface area (TPSA) is 34.4 Å². The molecule has 5 heteroatoms. The van der Waals surface area contributed by atoms with E-state index in [1.165, 1.54) is 0 Å². The van der Waals surface area contributed by atoms with Crippen LogP contribution in [0.3, 0.4) is 0 Å².